The van der Waals surface area contributed by atoms with Gasteiger partial charge in [0.05, 0.1) is 17.8 Å². The normalized spacial score (nSPS) is 19.9. The summed E-state index contributed by atoms with van der Waals surface area (Å²) in [6.45, 7) is 8.57. The Labute approximate surface area is 136 Å². The molecule has 2 aromatic rings. The Balaban J connectivity index is 1.60. The lowest BCUT2D eigenvalue weighted by molar-refractivity contribution is 0.192. The van der Waals surface area contributed by atoms with Crippen molar-refractivity contribution >= 4 is 11.6 Å². The fourth-order valence-corrected chi connectivity index (χ4v) is 3.41. The van der Waals surface area contributed by atoms with Gasteiger partial charge in [0.25, 0.3) is 0 Å². The average molecular weight is 322 g/mol. The SMILES string of the molecule is CC(C)n1ccnc1[C@H]1CCCN(CCn2cc(Cl)cn2)C1. The lowest BCUT2D eigenvalue weighted by Gasteiger charge is -2.33. The van der Waals surface area contributed by atoms with Crippen LogP contribution < -0.4 is 0 Å². The van der Waals surface area contributed by atoms with Crippen molar-refractivity contribution in [1.82, 2.24) is 24.2 Å². The van der Waals surface area contributed by atoms with Gasteiger partial charge in [0.2, 0.25) is 0 Å². The molecule has 0 bridgehead atoms. The summed E-state index contributed by atoms with van der Waals surface area (Å²) in [5, 5.41) is 4.95. The fraction of sp³-hybridized carbons (Fsp3) is 0.625. The van der Waals surface area contributed by atoms with Gasteiger partial charge >= 0.3 is 0 Å². The van der Waals surface area contributed by atoms with Crippen molar-refractivity contribution in [2.24, 2.45) is 0 Å². The predicted octanol–water partition coefficient (Wildman–Crippen LogP) is 3.19. The van der Waals surface area contributed by atoms with Crippen LogP contribution in [0.3, 0.4) is 0 Å². The number of likely N-dealkylation sites (tertiary alicyclic amines) is 1. The predicted molar refractivity (Wildman–Crippen MR) is 88.3 cm³/mol. The molecule has 3 heterocycles. The summed E-state index contributed by atoms with van der Waals surface area (Å²) in [5.41, 5.74) is 0. The maximum Gasteiger partial charge on any atom is 0.113 e. The number of hydrogen-bond acceptors (Lipinski definition) is 3. The Kier molecular flexibility index (Phi) is 4.84. The number of hydrogen-bond donors (Lipinski definition) is 0. The van der Waals surface area contributed by atoms with Gasteiger partial charge in [-0.1, -0.05) is 11.6 Å². The first-order valence-electron chi connectivity index (χ1n) is 8.06. The second-order valence-electron chi connectivity index (χ2n) is 6.35. The standard InChI is InChI=1S/C16H24ClN5/c1-13(2)22-7-5-18-16(22)14-4-3-6-20(11-14)8-9-21-12-15(17)10-19-21/h5,7,10,12-14H,3-4,6,8-9,11H2,1-2H3/t14-/m0/s1. The maximum absolute atomic E-state index is 5.91. The topological polar surface area (TPSA) is 38.9 Å². The molecule has 1 aliphatic heterocycles. The number of nitrogens with zero attached hydrogens (tertiary/aromatic N) is 5. The molecule has 1 atom stereocenters. The van der Waals surface area contributed by atoms with Crippen molar-refractivity contribution < 1.29 is 0 Å². The molecule has 0 unspecified atom stereocenters. The van der Waals surface area contributed by atoms with Gasteiger partial charge in [-0.3, -0.25) is 4.68 Å². The molecule has 0 aromatic carbocycles. The fourth-order valence-electron chi connectivity index (χ4n) is 3.25. The van der Waals surface area contributed by atoms with Crippen LogP contribution in [0.2, 0.25) is 5.02 Å². The number of halogens is 1. The van der Waals surface area contributed by atoms with Crippen LogP contribution in [-0.2, 0) is 6.54 Å². The molecule has 0 radical (unpaired) electrons. The van der Waals surface area contributed by atoms with Crippen molar-refractivity contribution in [1.29, 1.82) is 0 Å². The van der Waals surface area contributed by atoms with E-state index in [2.05, 4.69) is 39.6 Å². The molecule has 1 aliphatic rings. The first-order valence-corrected chi connectivity index (χ1v) is 8.44. The molecule has 0 amide bonds. The van der Waals surface area contributed by atoms with E-state index in [0.29, 0.717) is 17.0 Å². The monoisotopic (exact) mass is 321 g/mol. The number of piperidine rings is 1. The van der Waals surface area contributed by atoms with Gasteiger partial charge < -0.3 is 9.47 Å². The minimum Gasteiger partial charge on any atom is -0.332 e. The van der Waals surface area contributed by atoms with E-state index in [9.17, 15) is 0 Å². The van der Waals surface area contributed by atoms with E-state index in [4.69, 9.17) is 11.6 Å². The molecule has 3 rings (SSSR count). The van der Waals surface area contributed by atoms with Crippen LogP contribution in [0.25, 0.3) is 0 Å². The first kappa shape index (κ1) is 15.6. The summed E-state index contributed by atoms with van der Waals surface area (Å²) >= 11 is 5.91. The maximum atomic E-state index is 5.91. The highest BCUT2D eigenvalue weighted by molar-refractivity contribution is 6.30. The molecule has 0 saturated carbocycles. The van der Waals surface area contributed by atoms with Crippen LogP contribution in [0.4, 0.5) is 0 Å². The Morgan fingerprint density at radius 1 is 1.36 bits per heavy atom. The van der Waals surface area contributed by atoms with E-state index in [1.165, 1.54) is 18.7 Å². The summed E-state index contributed by atoms with van der Waals surface area (Å²) in [6.07, 6.45) is 10.1. The minimum atomic E-state index is 0.471. The Bertz CT molecular complexity index is 603. The highest BCUT2D eigenvalue weighted by Gasteiger charge is 2.25. The number of imidazole rings is 1. The second-order valence-corrected chi connectivity index (χ2v) is 6.78. The van der Waals surface area contributed by atoms with E-state index in [1.54, 1.807) is 6.20 Å². The summed E-state index contributed by atoms with van der Waals surface area (Å²) in [6, 6.07) is 0.471. The van der Waals surface area contributed by atoms with E-state index < -0.39 is 0 Å². The molecule has 0 aliphatic carbocycles. The van der Waals surface area contributed by atoms with Crippen LogP contribution in [-0.4, -0.2) is 43.9 Å². The summed E-state index contributed by atoms with van der Waals surface area (Å²) in [5.74, 6) is 1.77. The summed E-state index contributed by atoms with van der Waals surface area (Å²) in [7, 11) is 0. The smallest absolute Gasteiger partial charge is 0.113 e. The third-order valence-corrected chi connectivity index (χ3v) is 4.57. The zero-order chi connectivity index (χ0) is 15.5. The van der Waals surface area contributed by atoms with Crippen molar-refractivity contribution in [3.05, 3.63) is 35.6 Å². The Morgan fingerprint density at radius 2 is 2.23 bits per heavy atom. The van der Waals surface area contributed by atoms with Crippen LogP contribution in [0.5, 0.6) is 0 Å². The van der Waals surface area contributed by atoms with Crippen LogP contribution in [0.1, 0.15) is 44.5 Å². The molecule has 1 saturated heterocycles. The van der Waals surface area contributed by atoms with Gasteiger partial charge in [-0.2, -0.15) is 5.10 Å². The molecule has 5 nitrogen and oxygen atoms in total. The van der Waals surface area contributed by atoms with E-state index >= 15 is 0 Å². The largest absolute Gasteiger partial charge is 0.332 e. The Morgan fingerprint density at radius 3 is 2.95 bits per heavy atom. The lowest BCUT2D eigenvalue weighted by Crippen LogP contribution is -2.37. The summed E-state index contributed by atoms with van der Waals surface area (Å²) < 4.78 is 4.22. The molecule has 22 heavy (non-hydrogen) atoms. The molecular formula is C16H24ClN5. The Hall–Kier alpha value is -1.33. The van der Waals surface area contributed by atoms with Crippen molar-refractivity contribution in [2.75, 3.05) is 19.6 Å². The van der Waals surface area contributed by atoms with E-state index in [0.717, 1.165) is 26.2 Å². The molecule has 120 valence electrons. The number of rotatable bonds is 5. The van der Waals surface area contributed by atoms with Crippen LogP contribution >= 0.6 is 11.6 Å². The molecule has 1 fully saturated rings. The van der Waals surface area contributed by atoms with E-state index in [1.807, 2.05) is 17.1 Å². The first-order chi connectivity index (χ1) is 10.6. The van der Waals surface area contributed by atoms with Crippen molar-refractivity contribution in [2.45, 2.75) is 45.2 Å². The third kappa shape index (κ3) is 3.52. The molecule has 6 heteroatoms. The highest BCUT2D eigenvalue weighted by atomic mass is 35.5. The van der Waals surface area contributed by atoms with Gasteiger partial charge in [0.1, 0.15) is 5.82 Å². The van der Waals surface area contributed by atoms with Gasteiger partial charge in [-0.25, -0.2) is 4.98 Å². The summed E-state index contributed by atoms with van der Waals surface area (Å²) in [4.78, 5) is 7.14. The van der Waals surface area contributed by atoms with E-state index in [-0.39, 0.29) is 0 Å². The van der Waals surface area contributed by atoms with Gasteiger partial charge in [-0.15, -0.1) is 0 Å². The van der Waals surface area contributed by atoms with Crippen molar-refractivity contribution in [3.63, 3.8) is 0 Å². The second kappa shape index (κ2) is 6.84. The van der Waals surface area contributed by atoms with Gasteiger partial charge in [-0.05, 0) is 33.2 Å². The van der Waals surface area contributed by atoms with Crippen LogP contribution in [0, 0.1) is 0 Å². The lowest BCUT2D eigenvalue weighted by atomic mass is 9.97. The molecule has 2 aromatic heterocycles. The van der Waals surface area contributed by atoms with Gasteiger partial charge in [0, 0.05) is 43.6 Å². The van der Waals surface area contributed by atoms with Crippen molar-refractivity contribution in [3.8, 4) is 0 Å². The third-order valence-electron chi connectivity index (χ3n) is 4.37. The van der Waals surface area contributed by atoms with Gasteiger partial charge in [0.15, 0.2) is 0 Å². The highest BCUT2D eigenvalue weighted by Crippen LogP contribution is 2.27. The molecular weight excluding hydrogens is 298 g/mol. The quantitative estimate of drug-likeness (QED) is 0.849. The zero-order valence-corrected chi connectivity index (χ0v) is 14.1. The average Bonchev–Trinajstić information content (AvgIpc) is 3.14. The molecule has 0 N–H and O–H groups in total. The van der Waals surface area contributed by atoms with Crippen LogP contribution in [0.15, 0.2) is 24.8 Å². The minimum absolute atomic E-state index is 0.471. The number of aromatic nitrogens is 4. The zero-order valence-electron chi connectivity index (χ0n) is 13.3. The molecule has 0 spiro atoms.